The summed E-state index contributed by atoms with van der Waals surface area (Å²) in [5.74, 6) is 1.31. The molecule has 0 spiro atoms. The summed E-state index contributed by atoms with van der Waals surface area (Å²) in [6.45, 7) is 3.76. The molecule has 6 nitrogen and oxygen atoms in total. The predicted molar refractivity (Wildman–Crippen MR) is 77.5 cm³/mol. The minimum absolute atomic E-state index is 0.182. The average Bonchev–Trinajstić information content (AvgIpc) is 2.94. The van der Waals surface area contributed by atoms with E-state index in [1.807, 2.05) is 38.1 Å². The van der Waals surface area contributed by atoms with Crippen molar-refractivity contribution in [2.24, 2.45) is 0 Å². The van der Waals surface area contributed by atoms with Crippen LogP contribution in [0.1, 0.15) is 30.3 Å². The molecule has 0 saturated carbocycles. The summed E-state index contributed by atoms with van der Waals surface area (Å²) in [5, 5.41) is 21.3. The van der Waals surface area contributed by atoms with Crippen LogP contribution in [0.2, 0.25) is 0 Å². The Labute approximate surface area is 121 Å². The molecule has 104 valence electrons. The standard InChI is InChI=1S/C15H13N5O/c1-9-8-17-15(21-9)10(2)18-14-11-5-3-4-6-12(11)19-20-13(14)7-16/h3-6,8,10H,1-2H3,(H,18,19). The van der Waals surface area contributed by atoms with E-state index in [0.717, 1.165) is 16.7 Å². The number of anilines is 1. The van der Waals surface area contributed by atoms with E-state index in [2.05, 4.69) is 26.6 Å². The van der Waals surface area contributed by atoms with Crippen molar-refractivity contribution in [3.63, 3.8) is 0 Å². The number of rotatable bonds is 3. The largest absolute Gasteiger partial charge is 0.444 e. The predicted octanol–water partition coefficient (Wildman–Crippen LogP) is 2.97. The van der Waals surface area contributed by atoms with Gasteiger partial charge < -0.3 is 9.73 Å². The SMILES string of the molecule is Cc1cnc(C(C)Nc2c(C#N)nnc3ccccc23)o1. The first-order valence-corrected chi connectivity index (χ1v) is 6.53. The van der Waals surface area contributed by atoms with Gasteiger partial charge in [0.1, 0.15) is 17.9 Å². The Morgan fingerprint density at radius 1 is 1.29 bits per heavy atom. The van der Waals surface area contributed by atoms with E-state index in [4.69, 9.17) is 4.42 Å². The Kier molecular flexibility index (Phi) is 3.24. The molecule has 1 N–H and O–H groups in total. The van der Waals surface area contributed by atoms with Crippen molar-refractivity contribution < 1.29 is 4.42 Å². The topological polar surface area (TPSA) is 87.6 Å². The zero-order chi connectivity index (χ0) is 14.8. The fourth-order valence-corrected chi connectivity index (χ4v) is 2.13. The highest BCUT2D eigenvalue weighted by Crippen LogP contribution is 2.27. The summed E-state index contributed by atoms with van der Waals surface area (Å²) in [6, 6.07) is 9.42. The van der Waals surface area contributed by atoms with E-state index in [0.29, 0.717) is 11.6 Å². The van der Waals surface area contributed by atoms with Gasteiger partial charge in [0.25, 0.3) is 0 Å². The zero-order valence-electron chi connectivity index (χ0n) is 11.7. The zero-order valence-corrected chi connectivity index (χ0v) is 11.7. The smallest absolute Gasteiger partial charge is 0.216 e. The van der Waals surface area contributed by atoms with Crippen LogP contribution in [-0.2, 0) is 0 Å². The molecule has 2 heterocycles. The number of hydrogen-bond donors (Lipinski definition) is 1. The van der Waals surface area contributed by atoms with Crippen molar-refractivity contribution >= 4 is 16.6 Å². The van der Waals surface area contributed by atoms with Gasteiger partial charge in [0.2, 0.25) is 5.89 Å². The number of hydrogen-bond acceptors (Lipinski definition) is 6. The number of fused-ring (bicyclic) bond motifs is 1. The number of benzene rings is 1. The molecule has 0 aliphatic carbocycles. The monoisotopic (exact) mass is 279 g/mol. The van der Waals surface area contributed by atoms with E-state index in [1.165, 1.54) is 0 Å². The molecular weight excluding hydrogens is 266 g/mol. The number of nitriles is 1. The molecule has 0 fully saturated rings. The molecule has 6 heteroatoms. The molecule has 0 amide bonds. The highest BCUT2D eigenvalue weighted by Gasteiger charge is 2.16. The van der Waals surface area contributed by atoms with E-state index < -0.39 is 0 Å². The third kappa shape index (κ3) is 2.41. The first kappa shape index (κ1) is 13.1. The second-order valence-corrected chi connectivity index (χ2v) is 4.73. The highest BCUT2D eigenvalue weighted by atomic mass is 16.4. The number of aromatic nitrogens is 3. The fourth-order valence-electron chi connectivity index (χ4n) is 2.13. The lowest BCUT2D eigenvalue weighted by Gasteiger charge is -2.14. The molecule has 0 saturated heterocycles. The van der Waals surface area contributed by atoms with Gasteiger partial charge in [0, 0.05) is 5.39 Å². The average molecular weight is 279 g/mol. The van der Waals surface area contributed by atoms with Gasteiger partial charge in [-0.1, -0.05) is 18.2 Å². The van der Waals surface area contributed by atoms with Gasteiger partial charge in [-0.15, -0.1) is 10.2 Å². The van der Waals surface area contributed by atoms with Gasteiger partial charge in [-0.25, -0.2) is 4.98 Å². The maximum absolute atomic E-state index is 9.23. The summed E-state index contributed by atoms with van der Waals surface area (Å²) in [4.78, 5) is 4.20. The van der Waals surface area contributed by atoms with E-state index >= 15 is 0 Å². The molecule has 3 rings (SSSR count). The maximum atomic E-state index is 9.23. The molecule has 1 aromatic carbocycles. The van der Waals surface area contributed by atoms with Crippen LogP contribution < -0.4 is 5.32 Å². The first-order chi connectivity index (χ1) is 10.2. The van der Waals surface area contributed by atoms with Gasteiger partial charge in [-0.3, -0.25) is 0 Å². The Hall–Kier alpha value is -2.94. The third-order valence-corrected chi connectivity index (χ3v) is 3.14. The second kappa shape index (κ2) is 5.21. The third-order valence-electron chi connectivity index (χ3n) is 3.14. The summed E-state index contributed by atoms with van der Waals surface area (Å²) in [6.07, 6.45) is 1.67. The van der Waals surface area contributed by atoms with Crippen LogP contribution in [0.25, 0.3) is 10.9 Å². The maximum Gasteiger partial charge on any atom is 0.216 e. The molecule has 0 bridgehead atoms. The quantitative estimate of drug-likeness (QED) is 0.793. The number of nitrogens with one attached hydrogen (secondary N) is 1. The number of nitrogens with zero attached hydrogens (tertiary/aromatic N) is 4. The van der Waals surface area contributed by atoms with Crippen molar-refractivity contribution in [3.05, 3.63) is 47.8 Å². The summed E-state index contributed by atoms with van der Waals surface area (Å²) in [7, 11) is 0. The molecule has 3 aromatic rings. The van der Waals surface area contributed by atoms with Gasteiger partial charge in [0.05, 0.1) is 17.4 Å². The van der Waals surface area contributed by atoms with Crippen LogP contribution in [0, 0.1) is 18.3 Å². The van der Waals surface area contributed by atoms with Crippen LogP contribution in [-0.4, -0.2) is 15.2 Å². The van der Waals surface area contributed by atoms with Crippen LogP contribution >= 0.6 is 0 Å². The Bertz CT molecular complexity index is 833. The summed E-state index contributed by atoms with van der Waals surface area (Å²) >= 11 is 0. The molecular formula is C15H13N5O. The van der Waals surface area contributed by atoms with Crippen molar-refractivity contribution in [2.45, 2.75) is 19.9 Å². The summed E-state index contributed by atoms with van der Waals surface area (Å²) < 4.78 is 5.51. The molecule has 0 aliphatic rings. The first-order valence-electron chi connectivity index (χ1n) is 6.53. The molecule has 2 aromatic heterocycles. The van der Waals surface area contributed by atoms with E-state index in [9.17, 15) is 5.26 Å². The molecule has 0 radical (unpaired) electrons. The van der Waals surface area contributed by atoms with Crippen LogP contribution in [0.3, 0.4) is 0 Å². The Morgan fingerprint density at radius 2 is 2.10 bits per heavy atom. The normalized spacial score (nSPS) is 12.0. The van der Waals surface area contributed by atoms with Gasteiger partial charge in [0.15, 0.2) is 5.69 Å². The van der Waals surface area contributed by atoms with Crippen LogP contribution in [0.4, 0.5) is 5.69 Å². The molecule has 21 heavy (non-hydrogen) atoms. The van der Waals surface area contributed by atoms with Crippen molar-refractivity contribution in [3.8, 4) is 6.07 Å². The van der Waals surface area contributed by atoms with Crippen molar-refractivity contribution in [1.82, 2.24) is 15.2 Å². The number of aryl methyl sites for hydroxylation is 1. The van der Waals surface area contributed by atoms with E-state index in [-0.39, 0.29) is 11.7 Å². The number of oxazole rings is 1. The van der Waals surface area contributed by atoms with E-state index in [1.54, 1.807) is 6.20 Å². The fraction of sp³-hybridized carbons (Fsp3) is 0.200. The second-order valence-electron chi connectivity index (χ2n) is 4.73. The Morgan fingerprint density at radius 3 is 2.81 bits per heavy atom. The Balaban J connectivity index is 2.05. The molecule has 0 aliphatic heterocycles. The lowest BCUT2D eigenvalue weighted by Crippen LogP contribution is -2.10. The lowest BCUT2D eigenvalue weighted by molar-refractivity contribution is 0.454. The van der Waals surface area contributed by atoms with Gasteiger partial charge >= 0.3 is 0 Å². The van der Waals surface area contributed by atoms with Crippen LogP contribution in [0.5, 0.6) is 0 Å². The van der Waals surface area contributed by atoms with Crippen molar-refractivity contribution in [2.75, 3.05) is 5.32 Å². The minimum Gasteiger partial charge on any atom is -0.444 e. The van der Waals surface area contributed by atoms with Crippen molar-refractivity contribution in [1.29, 1.82) is 5.26 Å². The van der Waals surface area contributed by atoms with Crippen LogP contribution in [0.15, 0.2) is 34.9 Å². The highest BCUT2D eigenvalue weighted by molar-refractivity contribution is 5.92. The minimum atomic E-state index is -0.182. The van der Waals surface area contributed by atoms with Gasteiger partial charge in [-0.2, -0.15) is 5.26 Å². The summed E-state index contributed by atoms with van der Waals surface area (Å²) in [5.41, 5.74) is 1.63. The van der Waals surface area contributed by atoms with Gasteiger partial charge in [-0.05, 0) is 19.9 Å². The lowest BCUT2D eigenvalue weighted by atomic mass is 10.1. The molecule has 1 unspecified atom stereocenters. The molecule has 1 atom stereocenters.